The molecule has 2 aromatic rings. The highest BCUT2D eigenvalue weighted by molar-refractivity contribution is 5.60. The molecule has 25 nitrogen and oxygen atoms in total. The SMILES string of the molecule is O=[N+]([O-])c1cccc(C(OC(c2cccc([N+](=O)[O-])c2[N+](=O)[O-])([N+](=O)[O-])[N+](=O)[O-])([N+](=O)[O-])[N+](=O)[O-])c1[N+](=O)[O-]. The molecule has 0 fully saturated rings. The number of hydrogen-bond acceptors (Lipinski definition) is 17. The van der Waals surface area contributed by atoms with E-state index in [1.54, 1.807) is 0 Å². The van der Waals surface area contributed by atoms with Crippen LogP contribution >= 0.6 is 0 Å². The van der Waals surface area contributed by atoms with Gasteiger partial charge in [0.1, 0.15) is 19.7 Å². The van der Waals surface area contributed by atoms with Crippen molar-refractivity contribution in [2.75, 3.05) is 0 Å². The molecule has 2 aromatic carbocycles. The maximum Gasteiger partial charge on any atom is 0.624 e. The van der Waals surface area contributed by atoms with Gasteiger partial charge < -0.3 is 0 Å². The van der Waals surface area contributed by atoms with Gasteiger partial charge in [0.05, 0.1) is 19.7 Å². The standard InChI is InChI=1S/C14H6N8O17/c23-15(24)9-5-1-3-7(11(9)17(27)28)13(19(31)32,20(33)34)39-14(21(35)36,22(37)38)8-4-2-6-10(16(25)26)12(8)18(29)30/h1-6H. The number of para-hydroxylation sites is 2. The fraction of sp³-hybridized carbons (Fsp3) is 0.143. The second-order valence-corrected chi connectivity index (χ2v) is 6.72. The zero-order chi connectivity index (χ0) is 30.0. The van der Waals surface area contributed by atoms with Gasteiger partial charge in [-0.1, -0.05) is 12.1 Å². The normalized spacial score (nSPS) is 11.3. The number of benzene rings is 2. The van der Waals surface area contributed by atoms with E-state index < -0.39 is 85.0 Å². The first-order valence-corrected chi connectivity index (χ1v) is 9.11. The molecule has 39 heavy (non-hydrogen) atoms. The predicted molar refractivity (Wildman–Crippen MR) is 112 cm³/mol. The molecular weight excluding hydrogens is 552 g/mol. The Hall–Kier alpha value is -6.40. The van der Waals surface area contributed by atoms with Crippen LogP contribution in [-0.2, 0) is 16.4 Å². The van der Waals surface area contributed by atoms with E-state index in [-0.39, 0.29) is 12.1 Å². The van der Waals surface area contributed by atoms with Crippen molar-refractivity contribution in [3.8, 4) is 0 Å². The van der Waals surface area contributed by atoms with E-state index in [0.29, 0.717) is 24.3 Å². The van der Waals surface area contributed by atoms with Crippen molar-refractivity contribution in [3.63, 3.8) is 0 Å². The molecule has 0 unspecified atom stereocenters. The molecule has 0 aliphatic carbocycles. The lowest BCUT2D eigenvalue weighted by Gasteiger charge is -2.21. The third kappa shape index (κ3) is 4.37. The third-order valence-electron chi connectivity index (χ3n) is 4.76. The molecule has 0 radical (unpaired) electrons. The number of nitro groups is 8. The molecule has 0 aliphatic rings. The molecular formula is C14H6N8O17. The highest BCUT2D eigenvalue weighted by atomic mass is 16.8. The van der Waals surface area contributed by atoms with Crippen LogP contribution in [0.15, 0.2) is 36.4 Å². The molecule has 0 atom stereocenters. The number of rotatable bonds is 12. The molecule has 25 heteroatoms. The number of ether oxygens (including phenoxy) is 1. The van der Waals surface area contributed by atoms with Crippen molar-refractivity contribution in [2.45, 2.75) is 11.7 Å². The van der Waals surface area contributed by atoms with E-state index in [0.717, 1.165) is 0 Å². The summed E-state index contributed by atoms with van der Waals surface area (Å²) >= 11 is 0. The van der Waals surface area contributed by atoms with Crippen LogP contribution < -0.4 is 0 Å². The van der Waals surface area contributed by atoms with Gasteiger partial charge in [-0.2, -0.15) is 0 Å². The van der Waals surface area contributed by atoms with Crippen LogP contribution in [0.1, 0.15) is 11.1 Å². The van der Waals surface area contributed by atoms with Gasteiger partial charge >= 0.3 is 34.4 Å². The van der Waals surface area contributed by atoms with Gasteiger partial charge in [-0.3, -0.25) is 80.9 Å². The minimum atomic E-state index is -5.02. The van der Waals surface area contributed by atoms with E-state index >= 15 is 0 Å². The Labute approximate surface area is 208 Å². The van der Waals surface area contributed by atoms with Gasteiger partial charge in [0, 0.05) is 12.1 Å². The minimum Gasteiger partial charge on any atom is -0.258 e. The summed E-state index contributed by atoms with van der Waals surface area (Å²) in [7, 11) is 0. The second kappa shape index (κ2) is 9.93. The lowest BCUT2D eigenvalue weighted by molar-refractivity contribution is -0.952. The Morgan fingerprint density at radius 1 is 0.462 bits per heavy atom. The van der Waals surface area contributed by atoms with E-state index in [1.807, 2.05) is 0 Å². The molecule has 0 bridgehead atoms. The molecule has 0 aliphatic heterocycles. The first kappa shape index (κ1) is 28.8. The number of nitrogens with zero attached hydrogens (tertiary/aromatic N) is 8. The van der Waals surface area contributed by atoms with Gasteiger partial charge in [-0.15, -0.1) is 4.74 Å². The van der Waals surface area contributed by atoms with Crippen molar-refractivity contribution < 1.29 is 44.1 Å². The van der Waals surface area contributed by atoms with E-state index in [4.69, 9.17) is 0 Å². The van der Waals surface area contributed by atoms with Crippen LogP contribution in [0.5, 0.6) is 0 Å². The summed E-state index contributed by atoms with van der Waals surface area (Å²) in [6.07, 6.45) is 0. The summed E-state index contributed by atoms with van der Waals surface area (Å²) in [4.78, 5) is 78.0. The molecule has 2 rings (SSSR count). The van der Waals surface area contributed by atoms with E-state index in [9.17, 15) is 80.9 Å². The molecule has 0 N–H and O–H groups in total. The van der Waals surface area contributed by atoms with Gasteiger partial charge in [-0.05, 0) is 12.1 Å². The number of hydrogen-bond donors (Lipinski definition) is 0. The summed E-state index contributed by atoms with van der Waals surface area (Å²) in [5.41, 5.74) is -11.6. The lowest BCUT2D eigenvalue weighted by atomic mass is 10.0. The van der Waals surface area contributed by atoms with Gasteiger partial charge in [0.2, 0.25) is 11.1 Å². The smallest absolute Gasteiger partial charge is 0.258 e. The molecule has 204 valence electrons. The Morgan fingerprint density at radius 3 is 0.949 bits per heavy atom. The highest BCUT2D eigenvalue weighted by Crippen LogP contribution is 2.47. The fourth-order valence-electron chi connectivity index (χ4n) is 3.25. The average molecular weight is 558 g/mol. The zero-order valence-corrected chi connectivity index (χ0v) is 18.0. The highest BCUT2D eigenvalue weighted by Gasteiger charge is 2.80. The maximum absolute atomic E-state index is 12.0. The Balaban J connectivity index is 3.24. The van der Waals surface area contributed by atoms with Crippen LogP contribution in [-0.4, -0.2) is 39.4 Å². The summed E-state index contributed by atoms with van der Waals surface area (Å²) in [5, 5.41) is 93.8. The fourth-order valence-corrected chi connectivity index (χ4v) is 3.25. The third-order valence-corrected chi connectivity index (χ3v) is 4.76. The van der Waals surface area contributed by atoms with Gasteiger partial charge in [-0.25, -0.2) is 0 Å². The molecule has 0 amide bonds. The summed E-state index contributed by atoms with van der Waals surface area (Å²) in [5.74, 6) is -10.0. The van der Waals surface area contributed by atoms with E-state index in [1.165, 1.54) is 0 Å². The van der Waals surface area contributed by atoms with Gasteiger partial charge in [0.15, 0.2) is 0 Å². The van der Waals surface area contributed by atoms with Crippen molar-refractivity contribution in [1.82, 2.24) is 0 Å². The molecule has 0 spiro atoms. The van der Waals surface area contributed by atoms with E-state index in [2.05, 4.69) is 4.74 Å². The summed E-state index contributed by atoms with van der Waals surface area (Å²) in [6.45, 7) is 0. The monoisotopic (exact) mass is 558 g/mol. The molecule has 0 aromatic heterocycles. The van der Waals surface area contributed by atoms with Crippen LogP contribution in [0.3, 0.4) is 0 Å². The molecule has 0 heterocycles. The Morgan fingerprint density at radius 2 is 0.744 bits per heavy atom. The zero-order valence-electron chi connectivity index (χ0n) is 18.0. The molecule has 0 saturated heterocycles. The Bertz CT molecular complexity index is 1350. The average Bonchev–Trinajstić information content (AvgIpc) is 2.82. The van der Waals surface area contributed by atoms with Crippen molar-refractivity contribution in [1.29, 1.82) is 0 Å². The first-order chi connectivity index (χ1) is 18.0. The topological polar surface area (TPSA) is 354 Å². The van der Waals surface area contributed by atoms with Crippen molar-refractivity contribution in [3.05, 3.63) is 128 Å². The minimum absolute atomic E-state index is 0.0727. The van der Waals surface area contributed by atoms with Crippen LogP contribution in [0.2, 0.25) is 0 Å². The largest absolute Gasteiger partial charge is 0.624 e. The lowest BCUT2D eigenvalue weighted by Crippen LogP contribution is -2.57. The Kier molecular flexibility index (Phi) is 7.34. The van der Waals surface area contributed by atoms with Crippen molar-refractivity contribution in [2.24, 2.45) is 0 Å². The van der Waals surface area contributed by atoms with Gasteiger partial charge in [0.25, 0.3) is 0 Å². The summed E-state index contributed by atoms with van der Waals surface area (Å²) < 4.78 is 4.24. The number of nitro benzene ring substituents is 4. The first-order valence-electron chi connectivity index (χ1n) is 9.11. The van der Waals surface area contributed by atoms with Crippen LogP contribution in [0, 0.1) is 80.9 Å². The predicted octanol–water partition coefficient (Wildman–Crippen LogP) is 1.36. The van der Waals surface area contributed by atoms with Crippen LogP contribution in [0.4, 0.5) is 22.7 Å². The summed E-state index contributed by atoms with van der Waals surface area (Å²) in [6, 6.07) is 1.58. The van der Waals surface area contributed by atoms with Crippen LogP contribution in [0.25, 0.3) is 0 Å². The maximum atomic E-state index is 12.0. The molecule has 0 saturated carbocycles. The van der Waals surface area contributed by atoms with Crippen molar-refractivity contribution >= 4 is 22.7 Å². The second-order valence-electron chi connectivity index (χ2n) is 6.72. The quantitative estimate of drug-likeness (QED) is 0.201.